The molecule has 1 saturated heterocycles. The minimum Gasteiger partial charge on any atom is -0.452 e. The zero-order valence-electron chi connectivity index (χ0n) is 9.56. The van der Waals surface area contributed by atoms with Crippen LogP contribution < -0.4 is 15.2 Å². The molecule has 8 nitrogen and oxygen atoms in total. The molecule has 0 saturated carbocycles. The third-order valence-corrected chi connectivity index (χ3v) is 3.73. The average molecular weight is 267 g/mol. The normalized spacial score (nSPS) is 19.6. The highest BCUT2D eigenvalue weighted by Gasteiger charge is 2.35. The van der Waals surface area contributed by atoms with Crippen LogP contribution in [-0.4, -0.2) is 46.9 Å². The molecule has 0 unspecified atom stereocenters. The number of hydrogen-bond donors (Lipinski definition) is 3. The first kappa shape index (κ1) is 14.2. The van der Waals surface area contributed by atoms with E-state index in [1.165, 1.54) is 0 Å². The molecule has 0 aromatic carbocycles. The molecule has 1 heterocycles. The fraction of sp³-hybridized carbons (Fsp3) is 0.875. The topological polar surface area (TPSA) is 120 Å². The fourth-order valence-electron chi connectivity index (χ4n) is 1.57. The fourth-order valence-corrected chi connectivity index (χ4v) is 2.78. The molecule has 0 radical (unpaired) electrons. The van der Waals surface area contributed by atoms with Gasteiger partial charge in [-0.2, -0.15) is 13.1 Å². The number of carbonyl (C=O) groups is 1. The number of nitrogens with two attached hydrogens (primary N) is 1. The lowest BCUT2D eigenvalue weighted by molar-refractivity contribution is 0.0501. The van der Waals surface area contributed by atoms with Crippen molar-refractivity contribution in [1.29, 1.82) is 0 Å². The van der Waals surface area contributed by atoms with Gasteiger partial charge in [0.25, 0.3) is 0 Å². The number of hydrogen-bond acceptors (Lipinski definition) is 6. The summed E-state index contributed by atoms with van der Waals surface area (Å²) < 4.78 is 36.7. The second-order valence-corrected chi connectivity index (χ2v) is 5.21. The van der Waals surface area contributed by atoms with Crippen molar-refractivity contribution in [2.45, 2.75) is 18.4 Å². The van der Waals surface area contributed by atoms with Crippen LogP contribution in [0.2, 0.25) is 0 Å². The number of rotatable bonds is 4. The van der Waals surface area contributed by atoms with Crippen LogP contribution in [0, 0.1) is 0 Å². The minimum absolute atomic E-state index is 0.137. The molecule has 1 amide bonds. The molecule has 0 aromatic rings. The Balaban J connectivity index is 2.69. The maximum atomic E-state index is 11.6. The van der Waals surface area contributed by atoms with E-state index in [2.05, 4.69) is 9.46 Å². The zero-order valence-corrected chi connectivity index (χ0v) is 10.4. The summed E-state index contributed by atoms with van der Waals surface area (Å²) in [6, 6.07) is 0. The smallest absolute Gasteiger partial charge is 0.421 e. The summed E-state index contributed by atoms with van der Waals surface area (Å²) in [5, 5.41) is 0. The van der Waals surface area contributed by atoms with E-state index in [0.717, 1.165) is 7.11 Å². The van der Waals surface area contributed by atoms with E-state index in [1.807, 2.05) is 0 Å². The summed E-state index contributed by atoms with van der Waals surface area (Å²) in [6.07, 6.45) is -0.117. The largest absolute Gasteiger partial charge is 0.452 e. The van der Waals surface area contributed by atoms with Crippen molar-refractivity contribution in [3.63, 3.8) is 0 Å². The third kappa shape index (κ3) is 4.11. The van der Waals surface area contributed by atoms with Crippen LogP contribution in [0.25, 0.3) is 0 Å². The number of nitrogens with one attached hydrogen (secondary N) is 2. The molecule has 4 N–H and O–H groups in total. The van der Waals surface area contributed by atoms with Crippen molar-refractivity contribution in [3.05, 3.63) is 0 Å². The van der Waals surface area contributed by atoms with Crippen molar-refractivity contribution in [2.75, 3.05) is 26.9 Å². The van der Waals surface area contributed by atoms with Crippen LogP contribution in [0.5, 0.6) is 0 Å². The second kappa shape index (κ2) is 5.63. The monoisotopic (exact) mass is 267 g/mol. The molecule has 1 aliphatic heterocycles. The van der Waals surface area contributed by atoms with E-state index in [0.29, 0.717) is 26.1 Å². The Morgan fingerprint density at radius 2 is 2.06 bits per heavy atom. The molecule has 17 heavy (non-hydrogen) atoms. The first-order valence-corrected chi connectivity index (χ1v) is 6.59. The standard InChI is InChI=1S/C8H17N3O5S/c1-15-7(12)10-17(13,14)11-8(6-9)2-4-16-5-3-8/h11H,2-6,9H2,1H3,(H,10,12). The van der Waals surface area contributed by atoms with Crippen LogP contribution in [0.1, 0.15) is 12.8 Å². The van der Waals surface area contributed by atoms with E-state index in [1.54, 1.807) is 4.72 Å². The molecule has 1 fully saturated rings. The van der Waals surface area contributed by atoms with Gasteiger partial charge in [-0.15, -0.1) is 0 Å². The Labute approximate surface area is 100 Å². The van der Waals surface area contributed by atoms with Gasteiger partial charge < -0.3 is 15.2 Å². The predicted molar refractivity (Wildman–Crippen MR) is 59.4 cm³/mol. The first-order valence-electron chi connectivity index (χ1n) is 5.10. The van der Waals surface area contributed by atoms with Crippen LogP contribution >= 0.6 is 0 Å². The Morgan fingerprint density at radius 1 is 1.47 bits per heavy atom. The maximum absolute atomic E-state index is 11.6. The molecule has 0 aliphatic carbocycles. The van der Waals surface area contributed by atoms with Gasteiger partial charge in [-0.25, -0.2) is 9.52 Å². The lowest BCUT2D eigenvalue weighted by Gasteiger charge is -2.36. The van der Waals surface area contributed by atoms with Crippen LogP contribution in [0.3, 0.4) is 0 Å². The highest BCUT2D eigenvalue weighted by Crippen LogP contribution is 2.20. The van der Waals surface area contributed by atoms with Crippen LogP contribution in [-0.2, 0) is 19.7 Å². The van der Waals surface area contributed by atoms with Gasteiger partial charge in [0.2, 0.25) is 0 Å². The molecule has 9 heteroatoms. The predicted octanol–water partition coefficient (Wildman–Crippen LogP) is -1.32. The minimum atomic E-state index is -3.97. The van der Waals surface area contributed by atoms with Gasteiger partial charge in [0.15, 0.2) is 0 Å². The quantitative estimate of drug-likeness (QED) is 0.581. The van der Waals surface area contributed by atoms with Gasteiger partial charge in [-0.05, 0) is 12.8 Å². The molecule has 0 bridgehead atoms. The Kier molecular flexibility index (Phi) is 4.69. The van der Waals surface area contributed by atoms with Gasteiger partial charge in [-0.1, -0.05) is 0 Å². The lowest BCUT2D eigenvalue weighted by atomic mass is 9.92. The maximum Gasteiger partial charge on any atom is 0.421 e. The van der Waals surface area contributed by atoms with Crippen molar-refractivity contribution < 1.29 is 22.7 Å². The van der Waals surface area contributed by atoms with E-state index in [-0.39, 0.29) is 6.54 Å². The van der Waals surface area contributed by atoms with Crippen molar-refractivity contribution in [2.24, 2.45) is 5.73 Å². The lowest BCUT2D eigenvalue weighted by Crippen LogP contribution is -2.59. The number of ether oxygens (including phenoxy) is 2. The van der Waals surface area contributed by atoms with Gasteiger partial charge in [0.05, 0.1) is 12.6 Å². The summed E-state index contributed by atoms with van der Waals surface area (Å²) in [5.74, 6) is 0. The zero-order chi connectivity index (χ0) is 12.9. The molecule has 0 aromatic heterocycles. The summed E-state index contributed by atoms with van der Waals surface area (Å²) in [4.78, 5) is 10.9. The van der Waals surface area contributed by atoms with Crippen molar-refractivity contribution in [1.82, 2.24) is 9.44 Å². The van der Waals surface area contributed by atoms with Crippen molar-refractivity contribution >= 4 is 16.3 Å². The van der Waals surface area contributed by atoms with E-state index in [4.69, 9.17) is 10.5 Å². The molecule has 0 spiro atoms. The summed E-state index contributed by atoms with van der Waals surface area (Å²) in [5.41, 5.74) is 4.82. The number of carbonyl (C=O) groups excluding carboxylic acids is 1. The molecule has 1 aliphatic rings. The van der Waals surface area contributed by atoms with Gasteiger partial charge in [0, 0.05) is 19.8 Å². The van der Waals surface area contributed by atoms with E-state index < -0.39 is 21.8 Å². The van der Waals surface area contributed by atoms with E-state index in [9.17, 15) is 13.2 Å². The molecular weight excluding hydrogens is 250 g/mol. The van der Waals surface area contributed by atoms with Gasteiger partial charge in [0.1, 0.15) is 0 Å². The highest BCUT2D eigenvalue weighted by atomic mass is 32.2. The second-order valence-electron chi connectivity index (χ2n) is 3.80. The Hall–Kier alpha value is -0.900. The van der Waals surface area contributed by atoms with Crippen LogP contribution in [0.4, 0.5) is 4.79 Å². The van der Waals surface area contributed by atoms with Gasteiger partial charge in [-0.3, -0.25) is 0 Å². The van der Waals surface area contributed by atoms with E-state index >= 15 is 0 Å². The van der Waals surface area contributed by atoms with Gasteiger partial charge >= 0.3 is 16.3 Å². The summed E-state index contributed by atoms with van der Waals surface area (Å²) in [7, 11) is -2.89. The van der Waals surface area contributed by atoms with Crippen LogP contribution in [0.15, 0.2) is 0 Å². The Bertz CT molecular complexity index is 363. The molecule has 100 valence electrons. The highest BCUT2D eigenvalue weighted by molar-refractivity contribution is 7.88. The first-order chi connectivity index (χ1) is 7.93. The molecular formula is C8H17N3O5S. The van der Waals surface area contributed by atoms with Crippen molar-refractivity contribution in [3.8, 4) is 0 Å². The summed E-state index contributed by atoms with van der Waals surface area (Å²) in [6.45, 7) is 0.994. The summed E-state index contributed by atoms with van der Waals surface area (Å²) >= 11 is 0. The molecule has 1 rings (SSSR count). The SMILES string of the molecule is COC(=O)NS(=O)(=O)NC1(CN)CCOCC1. The Morgan fingerprint density at radius 3 is 2.53 bits per heavy atom. The number of amides is 1. The molecule has 0 atom stereocenters. The third-order valence-electron chi connectivity index (χ3n) is 2.59. The average Bonchev–Trinajstić information content (AvgIpc) is 2.28. The number of methoxy groups -OCH3 is 1.